The van der Waals surface area contributed by atoms with E-state index in [1.165, 1.54) is 31.2 Å². The minimum absolute atomic E-state index is 0.178. The molecule has 0 saturated heterocycles. The molecule has 0 bridgehead atoms. The van der Waals surface area contributed by atoms with Crippen LogP contribution in [-0.4, -0.2) is 12.1 Å². The van der Waals surface area contributed by atoms with Gasteiger partial charge in [-0.15, -0.1) is 13.2 Å². The maximum Gasteiger partial charge on any atom is 0.573 e. The van der Waals surface area contributed by atoms with E-state index >= 15 is 0 Å². The summed E-state index contributed by atoms with van der Waals surface area (Å²) in [7, 11) is 0. The topological polar surface area (TPSA) is 26.3 Å². The average molecular weight is 315 g/mol. The first-order valence-corrected chi connectivity index (χ1v) is 6.31. The summed E-state index contributed by atoms with van der Waals surface area (Å²) in [4.78, 5) is 11.6. The molecule has 0 aromatic heterocycles. The van der Waals surface area contributed by atoms with Crippen LogP contribution in [0.1, 0.15) is 17.3 Å². The lowest BCUT2D eigenvalue weighted by molar-refractivity contribution is -0.274. The van der Waals surface area contributed by atoms with Crippen LogP contribution in [0.3, 0.4) is 0 Å². The van der Waals surface area contributed by atoms with Crippen molar-refractivity contribution in [2.75, 3.05) is 0 Å². The number of benzene rings is 2. The van der Waals surface area contributed by atoms with Crippen molar-refractivity contribution in [2.24, 2.45) is 0 Å². The standard InChI is InChI=1S/C15H10ClF3O2/c1-9(20)12-3-2-4-13(16)14(12)10-5-7-11(8-6-10)21-15(17,18)19/h2-8H,1H3. The molecular weight excluding hydrogens is 305 g/mol. The monoisotopic (exact) mass is 314 g/mol. The first-order chi connectivity index (χ1) is 9.78. The second kappa shape index (κ2) is 5.77. The van der Waals surface area contributed by atoms with E-state index in [9.17, 15) is 18.0 Å². The first-order valence-electron chi connectivity index (χ1n) is 5.93. The van der Waals surface area contributed by atoms with Gasteiger partial charge in [0, 0.05) is 16.1 Å². The Kier molecular flexibility index (Phi) is 4.23. The Labute approximate surface area is 124 Å². The van der Waals surface area contributed by atoms with Gasteiger partial charge in [0.25, 0.3) is 0 Å². The van der Waals surface area contributed by atoms with E-state index in [4.69, 9.17) is 11.6 Å². The van der Waals surface area contributed by atoms with E-state index in [1.54, 1.807) is 18.2 Å². The Bertz CT molecular complexity index is 664. The molecule has 21 heavy (non-hydrogen) atoms. The second-order valence-corrected chi connectivity index (χ2v) is 4.70. The van der Waals surface area contributed by atoms with Gasteiger partial charge in [0.1, 0.15) is 5.75 Å². The summed E-state index contributed by atoms with van der Waals surface area (Å²) in [6.07, 6.45) is -4.74. The summed E-state index contributed by atoms with van der Waals surface area (Å²) >= 11 is 6.09. The molecule has 0 amide bonds. The van der Waals surface area contributed by atoms with Crippen LogP contribution < -0.4 is 4.74 Å². The van der Waals surface area contributed by atoms with Crippen LogP contribution in [0.25, 0.3) is 11.1 Å². The van der Waals surface area contributed by atoms with Gasteiger partial charge < -0.3 is 4.74 Å². The number of hydrogen-bond donors (Lipinski definition) is 0. The Hall–Kier alpha value is -2.01. The van der Waals surface area contributed by atoms with Crippen molar-refractivity contribution in [2.45, 2.75) is 13.3 Å². The fourth-order valence-electron chi connectivity index (χ4n) is 1.93. The zero-order chi connectivity index (χ0) is 15.6. The van der Waals surface area contributed by atoms with Crippen molar-refractivity contribution in [3.63, 3.8) is 0 Å². The Morgan fingerprint density at radius 1 is 1.10 bits per heavy atom. The summed E-state index contributed by atoms with van der Waals surface area (Å²) in [5.74, 6) is -0.509. The van der Waals surface area contributed by atoms with Crippen LogP contribution in [0.4, 0.5) is 13.2 Å². The van der Waals surface area contributed by atoms with Gasteiger partial charge in [0.15, 0.2) is 5.78 Å². The molecule has 2 aromatic carbocycles. The average Bonchev–Trinajstić information content (AvgIpc) is 2.37. The molecule has 110 valence electrons. The molecule has 2 aromatic rings. The maximum atomic E-state index is 12.1. The van der Waals surface area contributed by atoms with E-state index in [1.807, 2.05) is 0 Å². The summed E-state index contributed by atoms with van der Waals surface area (Å²) < 4.78 is 40.1. The molecule has 0 heterocycles. The van der Waals surface area contributed by atoms with Crippen LogP contribution in [0.2, 0.25) is 5.02 Å². The summed E-state index contributed by atoms with van der Waals surface area (Å²) in [6, 6.07) is 10.1. The second-order valence-electron chi connectivity index (χ2n) is 4.29. The molecule has 2 rings (SSSR count). The minimum atomic E-state index is -4.74. The minimum Gasteiger partial charge on any atom is -0.406 e. The largest absolute Gasteiger partial charge is 0.573 e. The van der Waals surface area contributed by atoms with Crippen LogP contribution in [0.5, 0.6) is 5.75 Å². The maximum absolute atomic E-state index is 12.1. The number of alkyl halides is 3. The highest BCUT2D eigenvalue weighted by Gasteiger charge is 2.31. The van der Waals surface area contributed by atoms with Gasteiger partial charge in [-0.3, -0.25) is 4.79 Å². The van der Waals surface area contributed by atoms with E-state index in [-0.39, 0.29) is 11.5 Å². The molecule has 0 saturated carbocycles. The summed E-state index contributed by atoms with van der Waals surface area (Å²) in [6.45, 7) is 1.40. The zero-order valence-electron chi connectivity index (χ0n) is 10.9. The van der Waals surface area contributed by atoms with Crippen molar-refractivity contribution in [1.29, 1.82) is 0 Å². The highest BCUT2D eigenvalue weighted by Crippen LogP contribution is 2.33. The SMILES string of the molecule is CC(=O)c1cccc(Cl)c1-c1ccc(OC(F)(F)F)cc1. The number of Topliss-reactive ketones (excluding diaryl/α,β-unsaturated/α-hetero) is 1. The smallest absolute Gasteiger partial charge is 0.406 e. The molecule has 0 spiro atoms. The summed E-state index contributed by atoms with van der Waals surface area (Å²) in [5.41, 5.74) is 1.44. The van der Waals surface area contributed by atoms with Crippen molar-refractivity contribution in [3.8, 4) is 16.9 Å². The highest BCUT2D eigenvalue weighted by molar-refractivity contribution is 6.34. The molecule has 0 N–H and O–H groups in total. The lowest BCUT2D eigenvalue weighted by Gasteiger charge is -2.12. The van der Waals surface area contributed by atoms with Gasteiger partial charge in [0.05, 0.1) is 0 Å². The number of halogens is 4. The predicted molar refractivity (Wildman–Crippen MR) is 73.6 cm³/mol. The van der Waals surface area contributed by atoms with Crippen molar-refractivity contribution in [3.05, 3.63) is 53.1 Å². The molecule has 0 unspecified atom stereocenters. The van der Waals surface area contributed by atoms with Gasteiger partial charge in [-0.25, -0.2) is 0 Å². The van der Waals surface area contributed by atoms with Gasteiger partial charge in [-0.1, -0.05) is 35.9 Å². The predicted octanol–water partition coefficient (Wildman–Crippen LogP) is 5.11. The number of hydrogen-bond acceptors (Lipinski definition) is 2. The molecule has 0 aliphatic heterocycles. The lowest BCUT2D eigenvalue weighted by Crippen LogP contribution is -2.16. The summed E-state index contributed by atoms with van der Waals surface area (Å²) in [5, 5.41) is 0.354. The third kappa shape index (κ3) is 3.76. The lowest BCUT2D eigenvalue weighted by atomic mass is 9.97. The molecule has 0 fully saturated rings. The number of ketones is 1. The molecule has 0 aliphatic rings. The molecule has 0 atom stereocenters. The van der Waals surface area contributed by atoms with Crippen LogP contribution >= 0.6 is 11.6 Å². The van der Waals surface area contributed by atoms with Crippen molar-refractivity contribution in [1.82, 2.24) is 0 Å². The van der Waals surface area contributed by atoms with Gasteiger partial charge in [-0.2, -0.15) is 0 Å². The van der Waals surface area contributed by atoms with E-state index in [0.29, 0.717) is 21.7 Å². The zero-order valence-corrected chi connectivity index (χ0v) is 11.6. The van der Waals surface area contributed by atoms with E-state index in [2.05, 4.69) is 4.74 Å². The Balaban J connectivity index is 2.42. The number of carbonyl (C=O) groups is 1. The molecule has 2 nitrogen and oxygen atoms in total. The quantitative estimate of drug-likeness (QED) is 0.736. The van der Waals surface area contributed by atoms with Gasteiger partial charge in [-0.05, 0) is 30.7 Å². The van der Waals surface area contributed by atoms with Gasteiger partial charge in [0.2, 0.25) is 0 Å². The van der Waals surface area contributed by atoms with Crippen molar-refractivity contribution < 1.29 is 22.7 Å². The number of rotatable bonds is 3. The fraction of sp³-hybridized carbons (Fsp3) is 0.133. The number of ether oxygens (including phenoxy) is 1. The fourth-order valence-corrected chi connectivity index (χ4v) is 2.22. The van der Waals surface area contributed by atoms with Crippen molar-refractivity contribution >= 4 is 17.4 Å². The van der Waals surface area contributed by atoms with Crippen LogP contribution in [-0.2, 0) is 0 Å². The van der Waals surface area contributed by atoms with E-state index in [0.717, 1.165) is 0 Å². The third-order valence-corrected chi connectivity index (χ3v) is 3.08. The normalized spacial score (nSPS) is 11.3. The Morgan fingerprint density at radius 2 is 1.71 bits per heavy atom. The van der Waals surface area contributed by atoms with E-state index < -0.39 is 6.36 Å². The van der Waals surface area contributed by atoms with Crippen LogP contribution in [0.15, 0.2) is 42.5 Å². The molecule has 0 radical (unpaired) electrons. The molecular formula is C15H10ClF3O2. The first kappa shape index (κ1) is 15.4. The molecule has 6 heteroatoms. The number of carbonyl (C=O) groups excluding carboxylic acids is 1. The highest BCUT2D eigenvalue weighted by atomic mass is 35.5. The Morgan fingerprint density at radius 3 is 2.24 bits per heavy atom. The third-order valence-electron chi connectivity index (χ3n) is 2.77. The van der Waals surface area contributed by atoms with Crippen LogP contribution in [0, 0.1) is 0 Å². The van der Waals surface area contributed by atoms with Gasteiger partial charge >= 0.3 is 6.36 Å². The molecule has 0 aliphatic carbocycles.